The number of halogens is 6. The van der Waals surface area contributed by atoms with E-state index in [2.05, 4.69) is 0 Å². The van der Waals surface area contributed by atoms with Crippen LogP contribution in [0.25, 0.3) is 6.08 Å². The topological polar surface area (TPSA) is 58.6 Å². The maximum absolute atomic E-state index is 13.5. The Labute approximate surface area is 167 Å². The van der Waals surface area contributed by atoms with Gasteiger partial charge in [0, 0.05) is 6.08 Å². The summed E-state index contributed by atoms with van der Waals surface area (Å²) in [5, 5.41) is 12.2. The van der Waals surface area contributed by atoms with E-state index in [4.69, 9.17) is 4.74 Å². The van der Waals surface area contributed by atoms with Gasteiger partial charge in [-0.25, -0.2) is 0 Å². The first-order valence-electron chi connectivity index (χ1n) is 8.43. The molecule has 0 fully saturated rings. The average molecular weight is 433 g/mol. The highest BCUT2D eigenvalue weighted by atomic mass is 19.4. The molecule has 0 bridgehead atoms. The lowest BCUT2D eigenvalue weighted by Crippen LogP contribution is -2.50. The van der Waals surface area contributed by atoms with Gasteiger partial charge in [-0.05, 0) is 41.5 Å². The van der Waals surface area contributed by atoms with Crippen LogP contribution in [0.3, 0.4) is 0 Å². The lowest BCUT2D eigenvalue weighted by molar-refractivity contribution is -0.264. The molecule has 0 spiro atoms. The first kappa shape index (κ1) is 23.3. The summed E-state index contributed by atoms with van der Waals surface area (Å²) < 4.78 is 83.0. The predicted molar refractivity (Wildman–Crippen MR) is 96.4 cm³/mol. The Morgan fingerprint density at radius 3 is 2.20 bits per heavy atom. The highest BCUT2D eigenvalue weighted by Crippen LogP contribution is 2.39. The van der Waals surface area contributed by atoms with E-state index in [1.54, 1.807) is 0 Å². The lowest BCUT2D eigenvalue weighted by Gasteiger charge is -2.31. The van der Waals surface area contributed by atoms with Crippen molar-refractivity contribution in [1.29, 1.82) is 0 Å². The van der Waals surface area contributed by atoms with Crippen molar-refractivity contribution >= 4 is 12.0 Å². The maximum atomic E-state index is 13.5. The number of aliphatic hydroxyl groups is 1. The number of hydrogen-bond donors (Lipinski definition) is 2. The minimum atomic E-state index is -5.11. The normalized spacial score (nSPS) is 14.4. The second-order valence-corrected chi connectivity index (χ2v) is 6.26. The number of hydrogen-bond acceptors (Lipinski definition) is 3. The Bertz CT molecular complexity index is 906. The maximum Gasteiger partial charge on any atom is 0.423 e. The molecule has 2 rings (SSSR count). The van der Waals surface area contributed by atoms with Gasteiger partial charge in [-0.3, -0.25) is 4.79 Å². The van der Waals surface area contributed by atoms with E-state index in [0.29, 0.717) is 0 Å². The van der Waals surface area contributed by atoms with Gasteiger partial charge in [-0.15, -0.1) is 0 Å². The Kier molecular flexibility index (Phi) is 6.81. The van der Waals surface area contributed by atoms with Crippen molar-refractivity contribution in [2.24, 2.45) is 0 Å². The monoisotopic (exact) mass is 433 g/mol. The van der Waals surface area contributed by atoms with E-state index >= 15 is 0 Å². The zero-order chi connectivity index (χ0) is 22.6. The SMILES string of the molecule is COc1cccc(C(O)(CNC(=O)/C=C/c2ccc(C(F)(F)F)cc2)C(F)(F)F)c1. The van der Waals surface area contributed by atoms with Gasteiger partial charge in [0.15, 0.2) is 0 Å². The molecule has 1 amide bonds. The molecule has 30 heavy (non-hydrogen) atoms. The quantitative estimate of drug-likeness (QED) is 0.528. The third kappa shape index (κ3) is 5.53. The van der Waals surface area contributed by atoms with Crippen molar-refractivity contribution in [2.45, 2.75) is 18.0 Å². The number of nitrogens with one attached hydrogen (secondary N) is 1. The largest absolute Gasteiger partial charge is 0.497 e. The molecule has 0 saturated carbocycles. The molecule has 4 nitrogen and oxygen atoms in total. The van der Waals surface area contributed by atoms with Gasteiger partial charge in [0.05, 0.1) is 19.2 Å². The van der Waals surface area contributed by atoms with Gasteiger partial charge in [0.2, 0.25) is 11.5 Å². The average Bonchev–Trinajstić information content (AvgIpc) is 2.69. The first-order chi connectivity index (χ1) is 13.9. The molecule has 0 heterocycles. The number of ether oxygens (including phenoxy) is 1. The Balaban J connectivity index is 2.12. The molecular weight excluding hydrogens is 416 g/mol. The molecule has 0 aliphatic heterocycles. The zero-order valence-electron chi connectivity index (χ0n) is 15.5. The van der Waals surface area contributed by atoms with Crippen molar-refractivity contribution < 1.29 is 41.0 Å². The number of benzene rings is 2. The van der Waals surface area contributed by atoms with Gasteiger partial charge in [-0.2, -0.15) is 26.3 Å². The van der Waals surface area contributed by atoms with Crippen LogP contribution in [-0.4, -0.2) is 30.8 Å². The van der Waals surface area contributed by atoms with Crippen LogP contribution >= 0.6 is 0 Å². The zero-order valence-corrected chi connectivity index (χ0v) is 15.5. The molecule has 0 radical (unpaired) electrons. The molecule has 2 aromatic rings. The number of rotatable bonds is 6. The van der Waals surface area contributed by atoms with Crippen LogP contribution in [0.4, 0.5) is 26.3 Å². The number of methoxy groups -OCH3 is 1. The molecule has 1 atom stereocenters. The fourth-order valence-electron chi connectivity index (χ4n) is 2.48. The van der Waals surface area contributed by atoms with Crippen LogP contribution in [0.2, 0.25) is 0 Å². The van der Waals surface area contributed by atoms with Crippen molar-refractivity contribution in [3.63, 3.8) is 0 Å². The summed E-state index contributed by atoms with van der Waals surface area (Å²) in [6, 6.07) is 8.52. The van der Waals surface area contributed by atoms with E-state index in [1.807, 2.05) is 5.32 Å². The van der Waals surface area contributed by atoms with E-state index in [-0.39, 0.29) is 11.3 Å². The second-order valence-electron chi connectivity index (χ2n) is 6.26. The number of carbonyl (C=O) groups is 1. The third-order valence-corrected chi connectivity index (χ3v) is 4.20. The first-order valence-corrected chi connectivity index (χ1v) is 8.43. The van der Waals surface area contributed by atoms with Gasteiger partial charge in [0.1, 0.15) is 5.75 Å². The van der Waals surface area contributed by atoms with Crippen LogP contribution in [0.5, 0.6) is 5.75 Å². The van der Waals surface area contributed by atoms with Crippen molar-refractivity contribution in [3.8, 4) is 5.75 Å². The van der Waals surface area contributed by atoms with Gasteiger partial charge >= 0.3 is 12.4 Å². The number of carbonyl (C=O) groups excluding carboxylic acids is 1. The summed E-state index contributed by atoms with van der Waals surface area (Å²) in [6.07, 6.45) is -7.63. The van der Waals surface area contributed by atoms with Crippen LogP contribution < -0.4 is 10.1 Å². The van der Waals surface area contributed by atoms with E-state index in [0.717, 1.165) is 48.6 Å². The van der Waals surface area contributed by atoms with Crippen LogP contribution in [0.15, 0.2) is 54.6 Å². The molecule has 0 aliphatic carbocycles. The Morgan fingerprint density at radius 2 is 1.67 bits per heavy atom. The lowest BCUT2D eigenvalue weighted by atomic mass is 9.92. The van der Waals surface area contributed by atoms with Crippen LogP contribution in [0.1, 0.15) is 16.7 Å². The molecule has 0 saturated heterocycles. The highest BCUT2D eigenvalue weighted by Gasteiger charge is 2.55. The number of amides is 1. The minimum absolute atomic E-state index is 0.0868. The molecular formula is C20H17F6NO3. The molecule has 0 aromatic heterocycles. The summed E-state index contributed by atoms with van der Waals surface area (Å²) in [4.78, 5) is 11.9. The molecule has 0 aliphatic rings. The fourth-order valence-corrected chi connectivity index (χ4v) is 2.48. The van der Waals surface area contributed by atoms with Gasteiger partial charge in [0.25, 0.3) is 0 Å². The molecule has 2 aromatic carbocycles. The minimum Gasteiger partial charge on any atom is -0.497 e. The van der Waals surface area contributed by atoms with E-state index in [9.17, 15) is 36.2 Å². The van der Waals surface area contributed by atoms with Gasteiger partial charge in [-0.1, -0.05) is 24.3 Å². The Morgan fingerprint density at radius 1 is 1.03 bits per heavy atom. The fraction of sp³-hybridized carbons (Fsp3) is 0.250. The number of alkyl halides is 6. The van der Waals surface area contributed by atoms with Crippen molar-refractivity contribution in [1.82, 2.24) is 5.32 Å². The van der Waals surface area contributed by atoms with Crippen molar-refractivity contribution in [3.05, 3.63) is 71.3 Å². The molecule has 162 valence electrons. The van der Waals surface area contributed by atoms with E-state index in [1.165, 1.54) is 19.2 Å². The van der Waals surface area contributed by atoms with Gasteiger partial charge < -0.3 is 15.2 Å². The summed E-state index contributed by atoms with van der Waals surface area (Å²) in [7, 11) is 1.25. The summed E-state index contributed by atoms with van der Waals surface area (Å²) in [5.74, 6) is -0.885. The summed E-state index contributed by atoms with van der Waals surface area (Å²) >= 11 is 0. The summed E-state index contributed by atoms with van der Waals surface area (Å²) in [5.41, 5.74) is -4.55. The van der Waals surface area contributed by atoms with Crippen LogP contribution in [0, 0.1) is 0 Å². The smallest absolute Gasteiger partial charge is 0.423 e. The molecule has 2 N–H and O–H groups in total. The standard InChI is InChI=1S/C20H17F6NO3/c1-30-16-4-2-3-15(11-16)18(29,20(24,25)26)12-27-17(28)10-7-13-5-8-14(9-6-13)19(21,22)23/h2-11,29H,12H2,1H3,(H,27,28)/b10-7+. The molecule has 1 unspecified atom stereocenters. The van der Waals surface area contributed by atoms with Crippen molar-refractivity contribution in [2.75, 3.05) is 13.7 Å². The second kappa shape index (κ2) is 8.78. The Hall–Kier alpha value is -3.01. The van der Waals surface area contributed by atoms with E-state index < -0.39 is 41.5 Å². The molecule has 10 heteroatoms. The third-order valence-electron chi connectivity index (χ3n) is 4.20. The predicted octanol–water partition coefficient (Wildman–Crippen LogP) is 4.29. The summed E-state index contributed by atoms with van der Waals surface area (Å²) in [6.45, 7) is -1.18. The highest BCUT2D eigenvalue weighted by molar-refractivity contribution is 5.91. The van der Waals surface area contributed by atoms with Crippen LogP contribution in [-0.2, 0) is 16.6 Å².